The molecule has 0 saturated heterocycles. The molecule has 1 aliphatic carbocycles. The highest BCUT2D eigenvalue weighted by Gasteiger charge is 2.32. The molecule has 4 rings (SSSR count). The van der Waals surface area contributed by atoms with Crippen molar-refractivity contribution in [3.63, 3.8) is 0 Å². The van der Waals surface area contributed by atoms with E-state index in [0.717, 1.165) is 30.2 Å². The lowest BCUT2D eigenvalue weighted by Crippen LogP contribution is -2.09. The van der Waals surface area contributed by atoms with Crippen LogP contribution in [0.25, 0.3) is 11.5 Å². The fraction of sp³-hybridized carbons (Fsp3) is 0.261. The normalized spacial score (nSPS) is 15.0. The standard InChI is InChI=1S/C23H21F3N6/c1-14(13-16-11-12-16)27-21-30-20(18-9-6-10-19(29-18)23(24,25)26)31-22(32-21)28-15(2)17-7-4-3-5-8-17/h3-10,13,16H,11-12H2,1-2H3,(H,27,30,31,32). The lowest BCUT2D eigenvalue weighted by Gasteiger charge is -2.10. The van der Waals surface area contributed by atoms with Crippen molar-refractivity contribution >= 4 is 17.6 Å². The highest BCUT2D eigenvalue weighted by atomic mass is 19.4. The molecule has 0 amide bonds. The Bertz CT molecular complexity index is 1170. The minimum Gasteiger partial charge on any atom is -0.328 e. The van der Waals surface area contributed by atoms with Gasteiger partial charge < -0.3 is 5.32 Å². The number of pyridine rings is 1. The number of hydrogen-bond donors (Lipinski definition) is 1. The number of rotatable bonds is 6. The van der Waals surface area contributed by atoms with Gasteiger partial charge in [0.25, 0.3) is 5.95 Å². The van der Waals surface area contributed by atoms with Crippen LogP contribution in [0.3, 0.4) is 0 Å². The first-order valence-electron chi connectivity index (χ1n) is 10.1. The third-order valence-electron chi connectivity index (χ3n) is 4.77. The van der Waals surface area contributed by atoms with Gasteiger partial charge in [0.1, 0.15) is 11.4 Å². The first kappa shape index (κ1) is 21.6. The molecule has 2 heterocycles. The third-order valence-corrected chi connectivity index (χ3v) is 4.77. The van der Waals surface area contributed by atoms with Gasteiger partial charge in [-0.2, -0.15) is 28.1 Å². The minimum absolute atomic E-state index is 0.00688. The average molecular weight is 438 g/mol. The first-order valence-corrected chi connectivity index (χ1v) is 10.1. The summed E-state index contributed by atoms with van der Waals surface area (Å²) < 4.78 is 39.4. The molecule has 0 unspecified atom stereocenters. The van der Waals surface area contributed by atoms with Crippen LogP contribution in [-0.4, -0.2) is 25.6 Å². The van der Waals surface area contributed by atoms with Crippen LogP contribution < -0.4 is 5.32 Å². The second-order valence-corrected chi connectivity index (χ2v) is 7.56. The molecule has 1 fully saturated rings. The zero-order chi connectivity index (χ0) is 22.7. The van der Waals surface area contributed by atoms with Crippen molar-refractivity contribution in [3.05, 3.63) is 71.6 Å². The number of hydrogen-bond acceptors (Lipinski definition) is 6. The molecule has 164 valence electrons. The molecule has 32 heavy (non-hydrogen) atoms. The predicted octanol–water partition coefficient (Wildman–Crippen LogP) is 5.82. The maximum absolute atomic E-state index is 13.1. The maximum atomic E-state index is 13.1. The number of nitrogens with zero attached hydrogens (tertiary/aromatic N) is 5. The van der Waals surface area contributed by atoms with E-state index in [4.69, 9.17) is 0 Å². The fourth-order valence-corrected chi connectivity index (χ4v) is 3.03. The van der Waals surface area contributed by atoms with Gasteiger partial charge in [0.05, 0.1) is 0 Å². The van der Waals surface area contributed by atoms with Crippen molar-refractivity contribution in [2.75, 3.05) is 5.32 Å². The molecule has 3 aromatic rings. The van der Waals surface area contributed by atoms with Crippen LogP contribution in [0.1, 0.15) is 37.9 Å². The molecule has 1 aromatic carbocycles. The molecule has 1 aliphatic rings. The van der Waals surface area contributed by atoms with E-state index in [1.165, 1.54) is 12.1 Å². The Morgan fingerprint density at radius 3 is 2.41 bits per heavy atom. The van der Waals surface area contributed by atoms with Crippen LogP contribution >= 0.6 is 0 Å². The summed E-state index contributed by atoms with van der Waals surface area (Å²) >= 11 is 0. The van der Waals surface area contributed by atoms with Crippen LogP contribution in [0.5, 0.6) is 0 Å². The Labute approximate surface area is 183 Å². The van der Waals surface area contributed by atoms with Gasteiger partial charge in [0.15, 0.2) is 5.82 Å². The topological polar surface area (TPSA) is 76.0 Å². The van der Waals surface area contributed by atoms with Crippen LogP contribution in [0, 0.1) is 5.92 Å². The Morgan fingerprint density at radius 1 is 0.969 bits per heavy atom. The summed E-state index contributed by atoms with van der Waals surface area (Å²) in [5.74, 6) is 0.819. The molecule has 6 nitrogen and oxygen atoms in total. The quantitative estimate of drug-likeness (QED) is 0.491. The van der Waals surface area contributed by atoms with Gasteiger partial charge in [0.2, 0.25) is 5.95 Å². The SMILES string of the molecule is CC(=CC1CC1)Nc1nc(N=C(C)c2ccccc2)nc(-c2cccc(C(F)(F)F)n2)n1. The molecule has 0 bridgehead atoms. The fourth-order valence-electron chi connectivity index (χ4n) is 3.03. The summed E-state index contributed by atoms with van der Waals surface area (Å²) in [5.41, 5.74) is 1.38. The van der Waals surface area contributed by atoms with Crippen LogP contribution in [0.4, 0.5) is 25.1 Å². The number of aliphatic imine (C=N–C) groups is 1. The van der Waals surface area contributed by atoms with Crippen molar-refractivity contribution in [2.24, 2.45) is 10.9 Å². The summed E-state index contributed by atoms with van der Waals surface area (Å²) in [6.45, 7) is 3.70. The van der Waals surface area contributed by atoms with Gasteiger partial charge >= 0.3 is 6.18 Å². The zero-order valence-corrected chi connectivity index (χ0v) is 17.6. The first-order chi connectivity index (χ1) is 15.3. The van der Waals surface area contributed by atoms with E-state index in [9.17, 15) is 13.2 Å². The van der Waals surface area contributed by atoms with Crippen molar-refractivity contribution in [3.8, 4) is 11.5 Å². The summed E-state index contributed by atoms with van der Waals surface area (Å²) in [6.07, 6.45) is -0.203. The van der Waals surface area contributed by atoms with E-state index in [1.807, 2.05) is 44.2 Å². The van der Waals surface area contributed by atoms with Crippen molar-refractivity contribution in [2.45, 2.75) is 32.9 Å². The highest BCUT2D eigenvalue weighted by Crippen LogP contribution is 2.32. The zero-order valence-electron chi connectivity index (χ0n) is 17.6. The Morgan fingerprint density at radius 2 is 1.72 bits per heavy atom. The van der Waals surface area contributed by atoms with E-state index in [1.54, 1.807) is 0 Å². The van der Waals surface area contributed by atoms with Crippen LogP contribution in [0.15, 0.2) is 65.3 Å². The van der Waals surface area contributed by atoms with Gasteiger partial charge in [-0.15, -0.1) is 0 Å². The lowest BCUT2D eigenvalue weighted by atomic mass is 10.1. The molecular weight excluding hydrogens is 417 g/mol. The molecule has 1 saturated carbocycles. The molecule has 9 heteroatoms. The Hall–Kier alpha value is -3.62. The number of halogens is 3. The average Bonchev–Trinajstić information content (AvgIpc) is 3.57. The van der Waals surface area contributed by atoms with Crippen molar-refractivity contribution < 1.29 is 13.2 Å². The summed E-state index contributed by atoms with van der Waals surface area (Å²) in [4.78, 5) is 21.1. The predicted molar refractivity (Wildman–Crippen MR) is 116 cm³/mol. The van der Waals surface area contributed by atoms with E-state index < -0.39 is 11.9 Å². The number of alkyl halides is 3. The van der Waals surface area contributed by atoms with E-state index in [0.29, 0.717) is 11.6 Å². The Balaban J connectivity index is 1.75. The van der Waals surface area contributed by atoms with Gasteiger partial charge in [0, 0.05) is 11.4 Å². The molecule has 0 atom stereocenters. The molecule has 1 N–H and O–H groups in total. The minimum atomic E-state index is -4.57. The number of benzene rings is 1. The van der Waals surface area contributed by atoms with Gasteiger partial charge in [-0.3, -0.25) is 0 Å². The van der Waals surface area contributed by atoms with Gasteiger partial charge in [-0.1, -0.05) is 42.5 Å². The van der Waals surface area contributed by atoms with Gasteiger partial charge in [-0.25, -0.2) is 9.98 Å². The highest BCUT2D eigenvalue weighted by molar-refractivity contribution is 5.99. The largest absolute Gasteiger partial charge is 0.433 e. The van der Waals surface area contributed by atoms with Crippen molar-refractivity contribution in [1.29, 1.82) is 0 Å². The monoisotopic (exact) mass is 438 g/mol. The Kier molecular flexibility index (Phi) is 5.98. The van der Waals surface area contributed by atoms with E-state index in [2.05, 4.69) is 36.3 Å². The molecular formula is C23H21F3N6. The third kappa shape index (κ3) is 5.54. The lowest BCUT2D eigenvalue weighted by molar-refractivity contribution is -0.141. The maximum Gasteiger partial charge on any atom is 0.433 e. The molecule has 0 radical (unpaired) electrons. The number of allylic oxidation sites excluding steroid dienone is 2. The summed E-state index contributed by atoms with van der Waals surface area (Å²) in [6, 6.07) is 13.1. The molecule has 2 aromatic heterocycles. The van der Waals surface area contributed by atoms with Gasteiger partial charge in [-0.05, 0) is 50.3 Å². The second kappa shape index (κ2) is 8.86. The summed E-state index contributed by atoms with van der Waals surface area (Å²) in [5, 5.41) is 3.10. The number of nitrogens with one attached hydrogen (secondary N) is 1. The smallest absolute Gasteiger partial charge is 0.328 e. The summed E-state index contributed by atoms with van der Waals surface area (Å²) in [7, 11) is 0. The number of aromatic nitrogens is 4. The van der Waals surface area contributed by atoms with Crippen LogP contribution in [0.2, 0.25) is 0 Å². The van der Waals surface area contributed by atoms with E-state index in [-0.39, 0.29) is 23.4 Å². The van der Waals surface area contributed by atoms with Crippen LogP contribution in [-0.2, 0) is 6.18 Å². The molecule has 0 aliphatic heterocycles. The van der Waals surface area contributed by atoms with Crippen molar-refractivity contribution in [1.82, 2.24) is 19.9 Å². The van der Waals surface area contributed by atoms with E-state index >= 15 is 0 Å². The number of anilines is 1. The molecule has 0 spiro atoms. The second-order valence-electron chi connectivity index (χ2n) is 7.56.